The molecule has 1 heterocycles. The molecular weight excluding hydrogens is 434 g/mol. The van der Waals surface area contributed by atoms with E-state index in [9.17, 15) is 18.0 Å². The van der Waals surface area contributed by atoms with Crippen LogP contribution in [0.15, 0.2) is 65.8 Å². The lowest BCUT2D eigenvalue weighted by Crippen LogP contribution is -2.40. The van der Waals surface area contributed by atoms with E-state index in [1.807, 2.05) is 0 Å². The summed E-state index contributed by atoms with van der Waals surface area (Å²) in [5.41, 5.74) is 0.753. The Morgan fingerprint density at radius 2 is 1.81 bits per heavy atom. The molecule has 0 saturated heterocycles. The second-order valence-corrected chi connectivity index (χ2v) is 8.71. The van der Waals surface area contributed by atoms with E-state index in [-0.39, 0.29) is 18.0 Å². The summed E-state index contributed by atoms with van der Waals surface area (Å²) in [5.74, 6) is -1.03. The van der Waals surface area contributed by atoms with Crippen molar-refractivity contribution in [1.82, 2.24) is 9.29 Å². The van der Waals surface area contributed by atoms with Crippen molar-refractivity contribution < 1.29 is 27.5 Å². The summed E-state index contributed by atoms with van der Waals surface area (Å²) in [7, 11) is -1.27. The molecule has 10 heteroatoms. The number of esters is 1. The molecule has 3 aromatic rings. The van der Waals surface area contributed by atoms with Gasteiger partial charge in [-0.2, -0.15) is 4.31 Å². The third-order valence-electron chi connectivity index (χ3n) is 4.71. The number of ether oxygens (including phenoxy) is 2. The first-order valence-electron chi connectivity index (χ1n) is 9.67. The molecular formula is C22H23N3O6S. The van der Waals surface area contributed by atoms with Crippen LogP contribution in [-0.4, -0.2) is 63.5 Å². The zero-order valence-corrected chi connectivity index (χ0v) is 18.5. The van der Waals surface area contributed by atoms with E-state index in [2.05, 4.69) is 15.0 Å². The van der Waals surface area contributed by atoms with Gasteiger partial charge < -0.3 is 14.8 Å². The number of hydrogen-bond donors (Lipinski definition) is 1. The van der Waals surface area contributed by atoms with Crippen molar-refractivity contribution in [2.24, 2.45) is 0 Å². The van der Waals surface area contributed by atoms with Crippen molar-refractivity contribution in [2.75, 3.05) is 39.2 Å². The summed E-state index contributed by atoms with van der Waals surface area (Å²) in [4.78, 5) is 28.3. The normalized spacial score (nSPS) is 11.5. The Kier molecular flexibility index (Phi) is 7.52. The first-order valence-corrected chi connectivity index (χ1v) is 11.1. The third-order valence-corrected chi connectivity index (χ3v) is 6.62. The highest BCUT2D eigenvalue weighted by molar-refractivity contribution is 7.89. The number of anilines is 1. The number of sulfonamides is 1. The predicted molar refractivity (Wildman–Crippen MR) is 119 cm³/mol. The molecule has 0 radical (unpaired) electrons. The molecule has 0 aliphatic carbocycles. The van der Waals surface area contributed by atoms with Gasteiger partial charge in [0.25, 0.3) is 0 Å². The van der Waals surface area contributed by atoms with E-state index >= 15 is 0 Å². The number of pyridine rings is 1. The van der Waals surface area contributed by atoms with Gasteiger partial charge in [0.05, 0.1) is 30.7 Å². The number of rotatable bonds is 9. The molecule has 0 atom stereocenters. The number of methoxy groups -OCH3 is 2. The van der Waals surface area contributed by atoms with Gasteiger partial charge in [-0.1, -0.05) is 12.1 Å². The van der Waals surface area contributed by atoms with Gasteiger partial charge in [-0.25, -0.2) is 13.2 Å². The highest BCUT2D eigenvalue weighted by Gasteiger charge is 2.28. The largest absolute Gasteiger partial charge is 0.465 e. The van der Waals surface area contributed by atoms with E-state index in [0.717, 1.165) is 4.31 Å². The second kappa shape index (κ2) is 10.3. The molecule has 0 bridgehead atoms. The minimum atomic E-state index is -4.01. The number of nitrogens with one attached hydrogen (secondary N) is 1. The van der Waals surface area contributed by atoms with E-state index in [1.165, 1.54) is 50.7 Å². The molecule has 3 rings (SSSR count). The minimum absolute atomic E-state index is 0.00496. The topological polar surface area (TPSA) is 115 Å². The average Bonchev–Trinajstić information content (AvgIpc) is 2.81. The summed E-state index contributed by atoms with van der Waals surface area (Å²) in [5, 5.41) is 3.84. The molecule has 168 valence electrons. The number of carbonyl (C=O) groups excluding carboxylic acids is 2. The third kappa shape index (κ3) is 5.28. The fourth-order valence-electron chi connectivity index (χ4n) is 3.10. The smallest absolute Gasteiger partial charge is 0.337 e. The van der Waals surface area contributed by atoms with Crippen molar-refractivity contribution in [1.29, 1.82) is 0 Å². The molecule has 0 aliphatic heterocycles. The Hall–Kier alpha value is -3.34. The van der Waals surface area contributed by atoms with Crippen LogP contribution in [0, 0.1) is 0 Å². The fraction of sp³-hybridized carbons (Fsp3) is 0.227. The van der Waals surface area contributed by atoms with Crippen molar-refractivity contribution >= 4 is 38.4 Å². The lowest BCUT2D eigenvalue weighted by Gasteiger charge is -2.22. The molecule has 1 N–H and O–H groups in total. The molecule has 1 aromatic heterocycles. The van der Waals surface area contributed by atoms with E-state index in [4.69, 9.17) is 4.74 Å². The van der Waals surface area contributed by atoms with Gasteiger partial charge in [-0.3, -0.25) is 9.78 Å². The van der Waals surface area contributed by atoms with Gasteiger partial charge in [0.2, 0.25) is 15.9 Å². The lowest BCUT2D eigenvalue weighted by molar-refractivity contribution is -0.116. The van der Waals surface area contributed by atoms with Crippen LogP contribution >= 0.6 is 0 Å². The van der Waals surface area contributed by atoms with Gasteiger partial charge in [0.1, 0.15) is 0 Å². The number of aromatic nitrogens is 1. The average molecular weight is 458 g/mol. The molecule has 1 amide bonds. The van der Waals surface area contributed by atoms with Gasteiger partial charge in [0.15, 0.2) is 0 Å². The summed E-state index contributed by atoms with van der Waals surface area (Å²) in [6.07, 6.45) is 3.10. The van der Waals surface area contributed by atoms with E-state index in [0.29, 0.717) is 22.0 Å². The van der Waals surface area contributed by atoms with Crippen LogP contribution in [0.4, 0.5) is 5.69 Å². The van der Waals surface area contributed by atoms with Crippen LogP contribution in [0.2, 0.25) is 0 Å². The molecule has 0 fully saturated rings. The lowest BCUT2D eigenvalue weighted by atomic mass is 10.2. The molecule has 0 spiro atoms. The minimum Gasteiger partial charge on any atom is -0.465 e. The zero-order valence-electron chi connectivity index (χ0n) is 17.6. The molecule has 32 heavy (non-hydrogen) atoms. The van der Waals surface area contributed by atoms with Gasteiger partial charge in [-0.05, 0) is 36.4 Å². The number of benzene rings is 2. The van der Waals surface area contributed by atoms with Crippen molar-refractivity contribution in [3.63, 3.8) is 0 Å². The molecule has 2 aromatic carbocycles. The number of nitrogens with zero attached hydrogens (tertiary/aromatic N) is 2. The van der Waals surface area contributed by atoms with Gasteiger partial charge in [0, 0.05) is 42.5 Å². The highest BCUT2D eigenvalue weighted by Crippen LogP contribution is 2.25. The van der Waals surface area contributed by atoms with E-state index in [1.54, 1.807) is 24.4 Å². The number of amides is 1. The standard InChI is InChI=1S/C22H23N3O6S/c1-30-13-12-25(15-21(26)24-18-8-6-16(7-9-18)22(27)31-2)32(28,29)20-5-3-4-17-14-23-11-10-19(17)20/h3-11,14H,12-13,15H2,1-2H3,(H,24,26). The van der Waals surface area contributed by atoms with Crippen LogP contribution in [0.1, 0.15) is 10.4 Å². The van der Waals surface area contributed by atoms with Crippen LogP contribution in [0.5, 0.6) is 0 Å². The number of fused-ring (bicyclic) bond motifs is 1. The molecule has 0 aliphatic rings. The Balaban J connectivity index is 1.82. The maximum atomic E-state index is 13.4. The molecule has 0 unspecified atom stereocenters. The van der Waals surface area contributed by atoms with Crippen molar-refractivity contribution in [3.05, 3.63) is 66.5 Å². The first-order chi connectivity index (χ1) is 15.4. The number of hydrogen-bond acceptors (Lipinski definition) is 7. The number of carbonyl (C=O) groups is 2. The highest BCUT2D eigenvalue weighted by atomic mass is 32.2. The Morgan fingerprint density at radius 1 is 1.06 bits per heavy atom. The maximum Gasteiger partial charge on any atom is 0.337 e. The second-order valence-electron chi connectivity index (χ2n) is 6.80. The zero-order chi connectivity index (χ0) is 23.1. The van der Waals surface area contributed by atoms with Crippen LogP contribution in [-0.2, 0) is 24.3 Å². The van der Waals surface area contributed by atoms with Gasteiger partial charge in [-0.15, -0.1) is 0 Å². The first kappa shape index (κ1) is 23.3. The Morgan fingerprint density at radius 3 is 2.50 bits per heavy atom. The van der Waals surface area contributed by atoms with Crippen molar-refractivity contribution in [2.45, 2.75) is 4.90 Å². The summed E-state index contributed by atoms with van der Waals surface area (Å²) in [6, 6.07) is 12.6. The Labute approximate surface area is 186 Å². The Bertz CT molecular complexity index is 1210. The monoisotopic (exact) mass is 457 g/mol. The molecule has 0 saturated carbocycles. The van der Waals surface area contributed by atoms with Gasteiger partial charge >= 0.3 is 5.97 Å². The van der Waals surface area contributed by atoms with Crippen LogP contribution in [0.25, 0.3) is 10.8 Å². The quantitative estimate of drug-likeness (QED) is 0.490. The summed E-state index contributed by atoms with van der Waals surface area (Å²) < 4.78 is 37.6. The summed E-state index contributed by atoms with van der Waals surface area (Å²) in [6.45, 7) is -0.298. The molecule has 9 nitrogen and oxygen atoms in total. The van der Waals surface area contributed by atoms with Crippen molar-refractivity contribution in [3.8, 4) is 0 Å². The SMILES string of the molecule is COCCN(CC(=O)Nc1ccc(C(=O)OC)cc1)S(=O)(=O)c1cccc2cnccc12. The maximum absolute atomic E-state index is 13.4. The summed E-state index contributed by atoms with van der Waals surface area (Å²) >= 11 is 0. The van der Waals surface area contributed by atoms with Crippen LogP contribution in [0.3, 0.4) is 0 Å². The predicted octanol–water partition coefficient (Wildman–Crippen LogP) is 2.30. The fourth-order valence-corrected chi connectivity index (χ4v) is 4.70. The van der Waals surface area contributed by atoms with E-state index < -0.39 is 28.4 Å². The van der Waals surface area contributed by atoms with Crippen LogP contribution < -0.4 is 5.32 Å².